The van der Waals surface area contributed by atoms with Crippen LogP contribution in [-0.2, 0) is 14.3 Å². The monoisotopic (exact) mass is 225 g/mol. The molecule has 1 spiro atoms. The van der Waals surface area contributed by atoms with Crippen LogP contribution in [0.1, 0.15) is 12.8 Å². The van der Waals surface area contributed by atoms with E-state index in [-0.39, 0.29) is 12.2 Å². The van der Waals surface area contributed by atoms with Crippen LogP contribution in [0.3, 0.4) is 0 Å². The third-order valence-corrected chi connectivity index (χ3v) is 3.16. The Morgan fingerprint density at radius 2 is 2.25 bits per heavy atom. The van der Waals surface area contributed by atoms with Crippen molar-refractivity contribution in [1.29, 1.82) is 0 Å². The first-order valence-electron chi connectivity index (χ1n) is 5.26. The van der Waals surface area contributed by atoms with E-state index in [4.69, 9.17) is 9.84 Å². The van der Waals surface area contributed by atoms with Gasteiger partial charge in [-0.3, -0.25) is 9.59 Å². The summed E-state index contributed by atoms with van der Waals surface area (Å²) in [5.41, 5.74) is -0.470. The Bertz CT molecular complexity index is 368. The quantitative estimate of drug-likeness (QED) is 0.683. The molecule has 2 aliphatic rings. The van der Waals surface area contributed by atoms with Crippen LogP contribution in [0.2, 0.25) is 0 Å². The van der Waals surface area contributed by atoms with E-state index in [1.54, 1.807) is 25.2 Å². The van der Waals surface area contributed by atoms with Crippen LogP contribution in [0.25, 0.3) is 0 Å². The van der Waals surface area contributed by atoms with Crippen LogP contribution in [0, 0.1) is 5.92 Å². The van der Waals surface area contributed by atoms with Crippen LogP contribution < -0.4 is 0 Å². The molecule has 1 heterocycles. The number of aliphatic carboxylic acids is 1. The van der Waals surface area contributed by atoms with Gasteiger partial charge in [0.1, 0.15) is 5.60 Å². The van der Waals surface area contributed by atoms with Gasteiger partial charge in [-0.25, -0.2) is 0 Å². The van der Waals surface area contributed by atoms with Crippen molar-refractivity contribution >= 4 is 11.8 Å². The molecule has 1 saturated carbocycles. The van der Waals surface area contributed by atoms with Crippen LogP contribution in [0.4, 0.5) is 0 Å². The maximum Gasteiger partial charge on any atom is 0.311 e. The maximum absolute atomic E-state index is 12.1. The fourth-order valence-corrected chi connectivity index (χ4v) is 2.29. The third kappa shape index (κ3) is 1.51. The lowest BCUT2D eigenvalue weighted by Gasteiger charge is -2.36. The number of carbonyl (C=O) groups is 2. The van der Waals surface area contributed by atoms with Crippen LogP contribution in [0.15, 0.2) is 11.8 Å². The van der Waals surface area contributed by atoms with Gasteiger partial charge in [-0.05, 0) is 0 Å². The summed E-state index contributed by atoms with van der Waals surface area (Å²) < 4.78 is 5.31. The molecular weight excluding hydrogens is 210 g/mol. The standard InChI is InChI=1S/C11H15NO4/c1-12(2)6-8-7(10(14)15)5-11(9(8)13)3-4-16-11/h6-7H,3-5H2,1-2H3,(H,14,15)/b8-6-. The fraction of sp³-hybridized carbons (Fsp3) is 0.636. The molecule has 16 heavy (non-hydrogen) atoms. The summed E-state index contributed by atoms with van der Waals surface area (Å²) >= 11 is 0. The zero-order valence-electron chi connectivity index (χ0n) is 9.40. The molecule has 5 nitrogen and oxygen atoms in total. The second-order valence-electron chi connectivity index (χ2n) is 4.56. The first-order chi connectivity index (χ1) is 7.46. The number of ketones is 1. The van der Waals surface area contributed by atoms with E-state index >= 15 is 0 Å². The normalized spacial score (nSPS) is 35.5. The number of carbonyl (C=O) groups excluding carboxylic acids is 1. The van der Waals surface area contributed by atoms with Gasteiger partial charge in [0.25, 0.3) is 0 Å². The molecule has 2 atom stereocenters. The molecular formula is C11H15NO4. The summed E-state index contributed by atoms with van der Waals surface area (Å²) in [6.07, 6.45) is 2.51. The molecule has 5 heteroatoms. The summed E-state index contributed by atoms with van der Waals surface area (Å²) in [4.78, 5) is 24.9. The Labute approximate surface area is 93.7 Å². The van der Waals surface area contributed by atoms with Gasteiger partial charge in [-0.2, -0.15) is 0 Å². The smallest absolute Gasteiger partial charge is 0.311 e. The van der Waals surface area contributed by atoms with Gasteiger partial charge in [0.2, 0.25) is 0 Å². The minimum absolute atomic E-state index is 0.153. The van der Waals surface area contributed by atoms with E-state index in [2.05, 4.69) is 0 Å². The van der Waals surface area contributed by atoms with Crippen molar-refractivity contribution in [2.45, 2.75) is 18.4 Å². The highest BCUT2D eigenvalue weighted by molar-refractivity contribution is 6.09. The van der Waals surface area contributed by atoms with E-state index in [0.29, 0.717) is 18.6 Å². The van der Waals surface area contributed by atoms with Crippen LogP contribution in [-0.4, -0.2) is 48.1 Å². The van der Waals surface area contributed by atoms with Crippen molar-refractivity contribution in [3.8, 4) is 0 Å². The number of ether oxygens (including phenoxy) is 1. The van der Waals surface area contributed by atoms with Crippen molar-refractivity contribution in [2.75, 3.05) is 20.7 Å². The molecule has 1 aliphatic carbocycles. The van der Waals surface area contributed by atoms with Gasteiger partial charge in [-0.1, -0.05) is 0 Å². The molecule has 0 aromatic carbocycles. The Hall–Kier alpha value is -1.36. The number of hydrogen-bond donors (Lipinski definition) is 1. The van der Waals surface area contributed by atoms with Crippen molar-refractivity contribution < 1.29 is 19.4 Å². The molecule has 2 unspecified atom stereocenters. The summed E-state index contributed by atoms with van der Waals surface area (Å²) in [6.45, 7) is 0.549. The highest BCUT2D eigenvalue weighted by Gasteiger charge is 2.57. The molecule has 0 bridgehead atoms. The van der Waals surface area contributed by atoms with Crippen molar-refractivity contribution in [3.63, 3.8) is 0 Å². The topological polar surface area (TPSA) is 66.8 Å². The summed E-state index contributed by atoms with van der Waals surface area (Å²) in [6, 6.07) is 0. The van der Waals surface area contributed by atoms with E-state index in [1.165, 1.54) is 0 Å². The molecule has 0 aromatic heterocycles. The minimum Gasteiger partial charge on any atom is -0.481 e. The number of carboxylic acid groups (broad SMARTS) is 1. The van der Waals surface area contributed by atoms with Crippen molar-refractivity contribution in [2.24, 2.45) is 5.92 Å². The molecule has 88 valence electrons. The van der Waals surface area contributed by atoms with Gasteiger partial charge >= 0.3 is 5.97 Å². The fourth-order valence-electron chi connectivity index (χ4n) is 2.29. The molecule has 2 fully saturated rings. The minimum atomic E-state index is -0.950. The summed E-state index contributed by atoms with van der Waals surface area (Å²) in [7, 11) is 3.54. The van der Waals surface area contributed by atoms with Gasteiger partial charge < -0.3 is 14.7 Å². The van der Waals surface area contributed by atoms with Gasteiger partial charge in [0.05, 0.1) is 12.5 Å². The lowest BCUT2D eigenvalue weighted by atomic mass is 9.91. The van der Waals surface area contributed by atoms with Gasteiger partial charge in [0, 0.05) is 38.7 Å². The lowest BCUT2D eigenvalue weighted by molar-refractivity contribution is -0.168. The average Bonchev–Trinajstić information content (AvgIpc) is 2.39. The van der Waals surface area contributed by atoms with E-state index in [0.717, 1.165) is 0 Å². The number of carboxylic acids is 1. The molecule has 1 aliphatic heterocycles. The van der Waals surface area contributed by atoms with Crippen LogP contribution >= 0.6 is 0 Å². The molecule has 1 saturated heterocycles. The number of hydrogen-bond acceptors (Lipinski definition) is 4. The Morgan fingerprint density at radius 1 is 1.62 bits per heavy atom. The molecule has 0 amide bonds. The predicted molar refractivity (Wildman–Crippen MR) is 55.8 cm³/mol. The maximum atomic E-state index is 12.1. The predicted octanol–water partition coefficient (Wildman–Crippen LogP) is 0.265. The van der Waals surface area contributed by atoms with Crippen LogP contribution in [0.5, 0.6) is 0 Å². The second kappa shape index (κ2) is 3.59. The first-order valence-corrected chi connectivity index (χ1v) is 5.26. The number of nitrogens with zero attached hydrogens (tertiary/aromatic N) is 1. The summed E-state index contributed by atoms with van der Waals surface area (Å²) in [5.74, 6) is -1.83. The molecule has 0 radical (unpaired) electrons. The van der Waals surface area contributed by atoms with Crippen molar-refractivity contribution in [3.05, 3.63) is 11.8 Å². The Morgan fingerprint density at radius 3 is 2.62 bits per heavy atom. The second-order valence-corrected chi connectivity index (χ2v) is 4.56. The zero-order valence-corrected chi connectivity index (χ0v) is 9.40. The molecule has 1 N–H and O–H groups in total. The Balaban J connectivity index is 2.33. The SMILES string of the molecule is CN(C)/C=C1\C(=O)C2(CCO2)CC1C(=O)O. The average molecular weight is 225 g/mol. The van der Waals surface area contributed by atoms with E-state index in [9.17, 15) is 9.59 Å². The third-order valence-electron chi connectivity index (χ3n) is 3.16. The van der Waals surface area contributed by atoms with E-state index in [1.807, 2.05) is 0 Å². The zero-order chi connectivity index (χ0) is 11.9. The number of Topliss-reactive ketones (excluding diaryl/α,β-unsaturated/α-hetero) is 1. The largest absolute Gasteiger partial charge is 0.481 e. The summed E-state index contributed by atoms with van der Waals surface area (Å²) in [5, 5.41) is 9.10. The van der Waals surface area contributed by atoms with Crippen molar-refractivity contribution in [1.82, 2.24) is 4.90 Å². The van der Waals surface area contributed by atoms with Gasteiger partial charge in [-0.15, -0.1) is 0 Å². The highest BCUT2D eigenvalue weighted by Crippen LogP contribution is 2.45. The van der Waals surface area contributed by atoms with E-state index < -0.39 is 17.5 Å². The Kier molecular flexibility index (Phi) is 2.50. The van der Waals surface area contributed by atoms with Gasteiger partial charge in [0.15, 0.2) is 5.78 Å². The molecule has 0 aromatic rings. The first kappa shape index (κ1) is 11.1. The highest BCUT2D eigenvalue weighted by atomic mass is 16.5. The number of rotatable bonds is 2. The lowest BCUT2D eigenvalue weighted by Crippen LogP contribution is -2.47. The molecule has 2 rings (SSSR count).